The molecule has 0 aliphatic carbocycles. The normalized spacial score (nSPS) is 10.3. The van der Waals surface area contributed by atoms with Crippen LogP contribution in [0.4, 0.5) is 4.39 Å². The number of aryl methyl sites for hydroxylation is 1. The fourth-order valence-electron chi connectivity index (χ4n) is 1.53. The van der Waals surface area contributed by atoms with Crippen LogP contribution in [-0.4, -0.2) is 10.7 Å². The van der Waals surface area contributed by atoms with Crippen molar-refractivity contribution in [2.45, 2.75) is 11.9 Å². The summed E-state index contributed by atoms with van der Waals surface area (Å²) in [4.78, 5) is 4.21. The first-order chi connectivity index (χ1) is 7.72. The van der Waals surface area contributed by atoms with Crippen LogP contribution in [0.5, 0.6) is 0 Å². The number of para-hydroxylation sites is 1. The van der Waals surface area contributed by atoms with Crippen LogP contribution in [0.2, 0.25) is 0 Å². The largest absolute Gasteiger partial charge is 0.238 e. The smallest absolute Gasteiger partial charge is 0.149 e. The molecule has 1 aromatic heterocycles. The Hall–Kier alpha value is -1.60. The van der Waals surface area contributed by atoms with Crippen molar-refractivity contribution in [3.63, 3.8) is 0 Å². The highest BCUT2D eigenvalue weighted by molar-refractivity contribution is 7.99. The van der Waals surface area contributed by atoms with E-state index in [4.69, 9.17) is 5.26 Å². The van der Waals surface area contributed by atoms with Gasteiger partial charge in [0.2, 0.25) is 0 Å². The maximum Gasteiger partial charge on any atom is 0.149 e. The molecule has 0 unspecified atom stereocenters. The quantitative estimate of drug-likeness (QED) is 0.745. The van der Waals surface area contributed by atoms with Crippen LogP contribution in [0.15, 0.2) is 29.3 Å². The first-order valence-corrected chi connectivity index (χ1v) is 5.76. The molecular formula is C12H9FN2S. The summed E-state index contributed by atoms with van der Waals surface area (Å²) in [5.41, 5.74) is 1.35. The van der Waals surface area contributed by atoms with Gasteiger partial charge in [0.25, 0.3) is 0 Å². The Morgan fingerprint density at radius 2 is 2.31 bits per heavy atom. The maximum absolute atomic E-state index is 13.5. The van der Waals surface area contributed by atoms with Gasteiger partial charge in [0.05, 0.1) is 16.8 Å². The predicted octanol–water partition coefficient (Wildman–Crippen LogP) is 3.30. The van der Waals surface area contributed by atoms with Crippen molar-refractivity contribution in [3.05, 3.63) is 35.6 Å². The molecule has 0 fully saturated rings. The number of benzene rings is 1. The molecule has 0 N–H and O–H groups in total. The van der Waals surface area contributed by atoms with Gasteiger partial charge in [-0.3, -0.25) is 0 Å². The number of halogens is 1. The Labute approximate surface area is 97.1 Å². The van der Waals surface area contributed by atoms with Gasteiger partial charge in [0, 0.05) is 5.39 Å². The highest BCUT2D eigenvalue weighted by atomic mass is 32.2. The number of nitriles is 1. The van der Waals surface area contributed by atoms with E-state index in [0.29, 0.717) is 16.3 Å². The minimum atomic E-state index is -0.319. The third-order valence-electron chi connectivity index (χ3n) is 2.26. The van der Waals surface area contributed by atoms with Crippen LogP contribution in [0.3, 0.4) is 0 Å². The minimum Gasteiger partial charge on any atom is -0.238 e. The van der Waals surface area contributed by atoms with E-state index in [1.54, 1.807) is 6.07 Å². The minimum absolute atomic E-state index is 0.319. The van der Waals surface area contributed by atoms with Crippen LogP contribution < -0.4 is 0 Å². The molecule has 0 aliphatic rings. The van der Waals surface area contributed by atoms with Gasteiger partial charge in [0.1, 0.15) is 11.3 Å². The van der Waals surface area contributed by atoms with Crippen LogP contribution >= 0.6 is 11.8 Å². The van der Waals surface area contributed by atoms with E-state index in [1.807, 2.05) is 25.1 Å². The predicted molar refractivity (Wildman–Crippen MR) is 62.8 cm³/mol. The van der Waals surface area contributed by atoms with E-state index in [0.717, 1.165) is 10.9 Å². The summed E-state index contributed by atoms with van der Waals surface area (Å²) < 4.78 is 13.5. The number of thioether (sulfide) groups is 1. The molecule has 2 rings (SSSR count). The molecule has 0 saturated carbocycles. The zero-order chi connectivity index (χ0) is 11.5. The second-order valence-corrected chi connectivity index (χ2v) is 4.36. The molecule has 2 nitrogen and oxygen atoms in total. The maximum atomic E-state index is 13.5. The number of hydrogen-bond donors (Lipinski definition) is 0. The van der Waals surface area contributed by atoms with Gasteiger partial charge >= 0.3 is 0 Å². The first kappa shape index (κ1) is 10.9. The van der Waals surface area contributed by atoms with Crippen molar-refractivity contribution < 1.29 is 4.39 Å². The zero-order valence-electron chi connectivity index (χ0n) is 8.70. The summed E-state index contributed by atoms with van der Waals surface area (Å²) in [7, 11) is 0. The summed E-state index contributed by atoms with van der Waals surface area (Å²) in [6, 6.07) is 8.82. The molecule has 0 atom stereocenters. The molecule has 0 radical (unpaired) electrons. The van der Waals surface area contributed by atoms with Crippen molar-refractivity contribution in [2.75, 3.05) is 5.75 Å². The van der Waals surface area contributed by atoms with E-state index >= 15 is 0 Å². The Balaban J connectivity index is 2.57. The highest BCUT2D eigenvalue weighted by Gasteiger charge is 2.06. The standard InChI is InChI=1S/C12H9FN2S/c1-8-7-11(16-6-5-14)15-12-9(8)3-2-4-10(12)13/h2-4,7H,6H2,1H3. The van der Waals surface area contributed by atoms with Gasteiger partial charge in [-0.05, 0) is 24.6 Å². The van der Waals surface area contributed by atoms with E-state index in [2.05, 4.69) is 4.98 Å². The molecule has 80 valence electrons. The molecular weight excluding hydrogens is 223 g/mol. The average Bonchev–Trinajstić information content (AvgIpc) is 2.28. The Kier molecular flexibility index (Phi) is 3.07. The number of nitrogens with zero attached hydrogens (tertiary/aromatic N) is 2. The number of rotatable bonds is 2. The van der Waals surface area contributed by atoms with E-state index < -0.39 is 0 Å². The monoisotopic (exact) mass is 232 g/mol. The molecule has 0 bridgehead atoms. The summed E-state index contributed by atoms with van der Waals surface area (Å²) >= 11 is 1.32. The number of fused-ring (bicyclic) bond motifs is 1. The van der Waals surface area contributed by atoms with Gasteiger partial charge in [-0.2, -0.15) is 5.26 Å². The SMILES string of the molecule is Cc1cc(SCC#N)nc2c(F)cccc12. The number of hydrogen-bond acceptors (Lipinski definition) is 3. The molecule has 0 aliphatic heterocycles. The van der Waals surface area contributed by atoms with Crippen LogP contribution in [0, 0.1) is 24.1 Å². The second-order valence-electron chi connectivity index (χ2n) is 3.36. The van der Waals surface area contributed by atoms with Gasteiger partial charge < -0.3 is 0 Å². The topological polar surface area (TPSA) is 36.7 Å². The van der Waals surface area contributed by atoms with Crippen molar-refractivity contribution in [2.24, 2.45) is 0 Å². The second kappa shape index (κ2) is 4.50. The average molecular weight is 232 g/mol. The Bertz CT molecular complexity index is 575. The first-order valence-electron chi connectivity index (χ1n) is 4.78. The van der Waals surface area contributed by atoms with Gasteiger partial charge in [-0.1, -0.05) is 23.9 Å². The Morgan fingerprint density at radius 1 is 1.50 bits per heavy atom. The molecule has 1 heterocycles. The summed E-state index contributed by atoms with van der Waals surface area (Å²) in [6.45, 7) is 1.92. The third kappa shape index (κ3) is 2.00. The lowest BCUT2D eigenvalue weighted by molar-refractivity contribution is 0.636. The molecule has 0 saturated heterocycles. The fraction of sp³-hybridized carbons (Fsp3) is 0.167. The lowest BCUT2D eigenvalue weighted by Gasteiger charge is -2.05. The molecule has 4 heteroatoms. The van der Waals surface area contributed by atoms with Crippen LogP contribution in [0.1, 0.15) is 5.56 Å². The third-order valence-corrected chi connectivity index (χ3v) is 3.04. The van der Waals surface area contributed by atoms with Crippen molar-refractivity contribution >= 4 is 22.7 Å². The Morgan fingerprint density at radius 3 is 3.06 bits per heavy atom. The fourth-order valence-corrected chi connectivity index (χ4v) is 2.16. The summed E-state index contributed by atoms with van der Waals surface area (Å²) in [6.07, 6.45) is 0. The van der Waals surface area contributed by atoms with Crippen molar-refractivity contribution in [1.29, 1.82) is 5.26 Å². The lowest BCUT2D eigenvalue weighted by Crippen LogP contribution is -1.90. The van der Waals surface area contributed by atoms with Gasteiger partial charge in [-0.25, -0.2) is 9.37 Å². The van der Waals surface area contributed by atoms with Gasteiger partial charge in [-0.15, -0.1) is 0 Å². The van der Waals surface area contributed by atoms with Crippen molar-refractivity contribution in [3.8, 4) is 6.07 Å². The number of aromatic nitrogens is 1. The zero-order valence-corrected chi connectivity index (χ0v) is 9.51. The molecule has 2 aromatic rings. The summed E-state index contributed by atoms with van der Waals surface area (Å²) in [5.74, 6) is 0.00636. The molecule has 0 spiro atoms. The van der Waals surface area contributed by atoms with Crippen LogP contribution in [0.25, 0.3) is 10.9 Å². The van der Waals surface area contributed by atoms with Gasteiger partial charge in [0.15, 0.2) is 0 Å². The van der Waals surface area contributed by atoms with Crippen molar-refractivity contribution in [1.82, 2.24) is 4.98 Å². The molecule has 1 aromatic carbocycles. The summed E-state index contributed by atoms with van der Waals surface area (Å²) in [5, 5.41) is 10.0. The van der Waals surface area contributed by atoms with Crippen LogP contribution in [-0.2, 0) is 0 Å². The number of pyridine rings is 1. The van der Waals surface area contributed by atoms with E-state index in [9.17, 15) is 4.39 Å². The van der Waals surface area contributed by atoms with E-state index in [1.165, 1.54) is 17.8 Å². The molecule has 0 amide bonds. The van der Waals surface area contributed by atoms with E-state index in [-0.39, 0.29) is 5.82 Å². The molecule has 16 heavy (non-hydrogen) atoms. The highest BCUT2D eigenvalue weighted by Crippen LogP contribution is 2.24. The lowest BCUT2D eigenvalue weighted by atomic mass is 10.1.